The minimum Gasteiger partial charge on any atom is -0.373 e. The molecule has 0 atom stereocenters. The zero-order valence-corrected chi connectivity index (χ0v) is 10.1. The summed E-state index contributed by atoms with van der Waals surface area (Å²) in [5.41, 5.74) is 0.665. The van der Waals surface area contributed by atoms with Crippen molar-refractivity contribution in [3.05, 3.63) is 18.3 Å². The number of nitrogens with one attached hydrogen (secondary N) is 2. The van der Waals surface area contributed by atoms with Crippen LogP contribution in [-0.4, -0.2) is 31.2 Å². The summed E-state index contributed by atoms with van der Waals surface area (Å²) in [5, 5.41) is 5.57. The molecule has 6 heteroatoms. The lowest BCUT2D eigenvalue weighted by Gasteiger charge is -2.05. The van der Waals surface area contributed by atoms with Crippen LogP contribution in [0.25, 0.3) is 0 Å². The number of hydrogen-bond acceptors (Lipinski definition) is 4. The number of hydrogen-bond donors (Lipinski definition) is 2. The molecule has 0 saturated carbocycles. The number of amides is 1. The molecule has 1 aromatic rings. The molecule has 0 aromatic carbocycles. The van der Waals surface area contributed by atoms with Gasteiger partial charge >= 0.3 is 0 Å². The average Bonchev–Trinajstić information content (AvgIpc) is 2.27. The van der Waals surface area contributed by atoms with Gasteiger partial charge in [-0.3, -0.25) is 4.79 Å². The van der Waals surface area contributed by atoms with Crippen molar-refractivity contribution in [2.45, 2.75) is 6.92 Å². The number of nitrogens with zero attached hydrogens (tertiary/aromatic N) is 1. The van der Waals surface area contributed by atoms with Crippen molar-refractivity contribution in [2.24, 2.45) is 0 Å². The van der Waals surface area contributed by atoms with Crippen LogP contribution in [0.3, 0.4) is 0 Å². The van der Waals surface area contributed by atoms with Gasteiger partial charge in [-0.15, -0.1) is 12.4 Å². The van der Waals surface area contributed by atoms with Crippen LogP contribution in [0.2, 0.25) is 0 Å². The Labute approximate surface area is 101 Å². The molecule has 0 saturated heterocycles. The van der Waals surface area contributed by atoms with E-state index in [2.05, 4.69) is 15.6 Å². The van der Waals surface area contributed by atoms with Gasteiger partial charge in [-0.1, -0.05) is 0 Å². The largest absolute Gasteiger partial charge is 0.373 e. The number of halogens is 1. The van der Waals surface area contributed by atoms with E-state index in [0.29, 0.717) is 12.3 Å². The van der Waals surface area contributed by atoms with Gasteiger partial charge in [0.1, 0.15) is 12.4 Å². The first-order valence-electron chi connectivity index (χ1n) is 4.77. The fourth-order valence-electron chi connectivity index (χ4n) is 1.01. The number of aromatic nitrogens is 1. The Balaban J connectivity index is 0.00000225. The number of pyridine rings is 1. The summed E-state index contributed by atoms with van der Waals surface area (Å²) < 4.78 is 4.97. The maximum atomic E-state index is 11.2. The minimum atomic E-state index is -0.171. The number of rotatable bonds is 5. The maximum absolute atomic E-state index is 11.2. The van der Waals surface area contributed by atoms with E-state index < -0.39 is 0 Å². The highest BCUT2D eigenvalue weighted by molar-refractivity contribution is 5.91. The highest BCUT2D eigenvalue weighted by atomic mass is 35.5. The van der Waals surface area contributed by atoms with Crippen molar-refractivity contribution < 1.29 is 9.53 Å². The number of anilines is 2. The molecule has 0 fully saturated rings. The van der Waals surface area contributed by atoms with E-state index in [1.54, 1.807) is 25.4 Å². The second kappa shape index (κ2) is 7.90. The highest BCUT2D eigenvalue weighted by Gasteiger charge is 2.01. The Bertz CT molecular complexity index is 316. The number of carbonyl (C=O) groups excluding carboxylic acids is 1. The molecule has 1 heterocycles. The Kier molecular flexibility index (Phi) is 7.24. The van der Waals surface area contributed by atoms with Gasteiger partial charge in [0.05, 0.1) is 11.9 Å². The lowest BCUT2D eigenvalue weighted by Crippen LogP contribution is -2.18. The van der Waals surface area contributed by atoms with E-state index in [1.807, 2.05) is 6.92 Å². The van der Waals surface area contributed by atoms with E-state index in [4.69, 9.17) is 4.74 Å². The molecule has 0 spiro atoms. The lowest BCUT2D eigenvalue weighted by atomic mass is 10.4. The van der Waals surface area contributed by atoms with Crippen LogP contribution in [0.1, 0.15) is 6.92 Å². The van der Waals surface area contributed by atoms with Crippen LogP contribution in [0.4, 0.5) is 11.5 Å². The summed E-state index contributed by atoms with van der Waals surface area (Å²) in [6, 6.07) is 3.57. The van der Waals surface area contributed by atoms with E-state index >= 15 is 0 Å². The van der Waals surface area contributed by atoms with E-state index in [9.17, 15) is 4.79 Å². The Morgan fingerprint density at radius 1 is 1.50 bits per heavy atom. The highest BCUT2D eigenvalue weighted by Crippen LogP contribution is 2.08. The summed E-state index contributed by atoms with van der Waals surface area (Å²) >= 11 is 0. The third kappa shape index (κ3) is 4.95. The standard InChI is InChI=1S/C10H15N3O2.ClH/c1-3-15-7-10(14)13-8-4-5-9(11-2)12-6-8;/h4-6H,3,7H2,1-2H3,(H,11,12)(H,13,14);1H. The lowest BCUT2D eigenvalue weighted by molar-refractivity contribution is -0.120. The quantitative estimate of drug-likeness (QED) is 0.826. The van der Waals surface area contributed by atoms with Gasteiger partial charge in [-0.05, 0) is 19.1 Å². The summed E-state index contributed by atoms with van der Waals surface area (Å²) in [6.07, 6.45) is 1.59. The third-order valence-electron chi connectivity index (χ3n) is 1.74. The van der Waals surface area contributed by atoms with Crippen LogP contribution in [0, 0.1) is 0 Å². The van der Waals surface area contributed by atoms with Gasteiger partial charge < -0.3 is 15.4 Å². The molecule has 1 rings (SSSR count). The van der Waals surface area contributed by atoms with Crippen LogP contribution in [-0.2, 0) is 9.53 Å². The van der Waals surface area contributed by atoms with Crippen molar-refractivity contribution in [1.82, 2.24) is 4.98 Å². The fraction of sp³-hybridized carbons (Fsp3) is 0.400. The molecule has 1 amide bonds. The Morgan fingerprint density at radius 3 is 2.75 bits per heavy atom. The average molecular weight is 246 g/mol. The minimum absolute atomic E-state index is 0. The topological polar surface area (TPSA) is 63.2 Å². The molecule has 0 aliphatic rings. The molecule has 0 unspecified atom stereocenters. The van der Waals surface area contributed by atoms with Crippen molar-refractivity contribution in [1.29, 1.82) is 0 Å². The maximum Gasteiger partial charge on any atom is 0.250 e. The van der Waals surface area contributed by atoms with E-state index in [0.717, 1.165) is 5.82 Å². The summed E-state index contributed by atoms with van der Waals surface area (Å²) in [6.45, 7) is 2.45. The molecule has 5 nitrogen and oxygen atoms in total. The zero-order chi connectivity index (χ0) is 11.1. The van der Waals surface area contributed by atoms with Crippen LogP contribution >= 0.6 is 12.4 Å². The second-order valence-corrected chi connectivity index (χ2v) is 2.87. The van der Waals surface area contributed by atoms with Gasteiger partial charge in [-0.25, -0.2) is 4.98 Å². The first kappa shape index (κ1) is 14.7. The Hall–Kier alpha value is -1.33. The smallest absolute Gasteiger partial charge is 0.250 e. The first-order chi connectivity index (χ1) is 7.26. The normalized spacial score (nSPS) is 9.12. The molecular formula is C10H16ClN3O2. The number of ether oxygens (including phenoxy) is 1. The Morgan fingerprint density at radius 2 is 2.25 bits per heavy atom. The van der Waals surface area contributed by atoms with Crippen molar-refractivity contribution >= 4 is 29.8 Å². The van der Waals surface area contributed by atoms with Crippen molar-refractivity contribution in [3.63, 3.8) is 0 Å². The predicted octanol–water partition coefficient (Wildman–Crippen LogP) is 1.52. The van der Waals surface area contributed by atoms with Crippen molar-refractivity contribution in [3.8, 4) is 0 Å². The summed E-state index contributed by atoms with van der Waals surface area (Å²) in [7, 11) is 1.79. The fourth-order valence-corrected chi connectivity index (χ4v) is 1.01. The van der Waals surface area contributed by atoms with Gasteiger partial charge in [0.25, 0.3) is 0 Å². The molecule has 0 bridgehead atoms. The first-order valence-corrected chi connectivity index (χ1v) is 4.77. The predicted molar refractivity (Wildman–Crippen MR) is 66.2 cm³/mol. The van der Waals surface area contributed by atoms with Gasteiger partial charge in [-0.2, -0.15) is 0 Å². The summed E-state index contributed by atoms with van der Waals surface area (Å²) in [4.78, 5) is 15.3. The molecule has 90 valence electrons. The zero-order valence-electron chi connectivity index (χ0n) is 9.32. The van der Waals surface area contributed by atoms with Crippen LogP contribution in [0.5, 0.6) is 0 Å². The molecule has 0 aliphatic heterocycles. The monoisotopic (exact) mass is 245 g/mol. The van der Waals surface area contributed by atoms with Gasteiger partial charge in [0.2, 0.25) is 5.91 Å². The van der Waals surface area contributed by atoms with Gasteiger partial charge in [0, 0.05) is 13.7 Å². The van der Waals surface area contributed by atoms with Gasteiger partial charge in [0.15, 0.2) is 0 Å². The van der Waals surface area contributed by atoms with Crippen molar-refractivity contribution in [2.75, 3.05) is 30.9 Å². The molecular weight excluding hydrogens is 230 g/mol. The van der Waals surface area contributed by atoms with E-state index in [1.165, 1.54) is 0 Å². The van der Waals surface area contributed by atoms with Crippen LogP contribution in [0.15, 0.2) is 18.3 Å². The molecule has 1 aromatic heterocycles. The molecule has 16 heavy (non-hydrogen) atoms. The molecule has 0 aliphatic carbocycles. The molecule has 2 N–H and O–H groups in total. The number of carbonyl (C=O) groups is 1. The second-order valence-electron chi connectivity index (χ2n) is 2.87. The SMILES string of the molecule is CCOCC(=O)Nc1ccc(NC)nc1.Cl. The molecule has 0 radical (unpaired) electrons. The third-order valence-corrected chi connectivity index (χ3v) is 1.74. The van der Waals surface area contributed by atoms with Crippen LogP contribution < -0.4 is 10.6 Å². The van der Waals surface area contributed by atoms with E-state index in [-0.39, 0.29) is 24.9 Å². The summed E-state index contributed by atoms with van der Waals surface area (Å²) in [5.74, 6) is 0.591.